The lowest BCUT2D eigenvalue weighted by Crippen LogP contribution is -2.44. The molecule has 0 atom stereocenters. The average Bonchev–Trinajstić information content (AvgIpc) is 2.47. The molecule has 0 radical (unpaired) electrons. The second-order valence-electron chi connectivity index (χ2n) is 6.32. The Kier molecular flexibility index (Phi) is 5.62. The molecule has 4 heteroatoms. The number of carbonyl (C=O) groups excluding carboxylic acids is 1. The van der Waals surface area contributed by atoms with E-state index in [0.717, 1.165) is 38.3 Å². The van der Waals surface area contributed by atoms with E-state index in [1.807, 2.05) is 12.1 Å². The Morgan fingerprint density at radius 2 is 1.76 bits per heavy atom. The maximum absolute atomic E-state index is 11.8. The number of carbonyl (C=O) groups is 1. The summed E-state index contributed by atoms with van der Waals surface area (Å²) in [4.78, 5) is 16.6. The molecule has 21 heavy (non-hydrogen) atoms. The molecule has 1 heterocycles. The lowest BCUT2D eigenvalue weighted by molar-refractivity contribution is -0.116. The summed E-state index contributed by atoms with van der Waals surface area (Å²) in [5.74, 6) is 0.673. The third kappa shape index (κ3) is 5.05. The van der Waals surface area contributed by atoms with Crippen LogP contribution in [-0.2, 0) is 4.79 Å². The monoisotopic (exact) mass is 289 g/mol. The van der Waals surface area contributed by atoms with Gasteiger partial charge in [0.05, 0.1) is 0 Å². The topological polar surface area (TPSA) is 35.6 Å². The van der Waals surface area contributed by atoms with Crippen LogP contribution in [0, 0.1) is 5.92 Å². The largest absolute Gasteiger partial charge is 0.369 e. The fourth-order valence-corrected chi connectivity index (χ4v) is 2.46. The molecule has 0 aromatic heterocycles. The van der Waals surface area contributed by atoms with Crippen molar-refractivity contribution in [2.45, 2.75) is 26.7 Å². The first kappa shape index (κ1) is 15.8. The Morgan fingerprint density at radius 3 is 2.33 bits per heavy atom. The van der Waals surface area contributed by atoms with Crippen LogP contribution in [0.15, 0.2) is 24.3 Å². The average molecular weight is 289 g/mol. The van der Waals surface area contributed by atoms with Gasteiger partial charge in [-0.05, 0) is 43.7 Å². The zero-order chi connectivity index (χ0) is 15.2. The van der Waals surface area contributed by atoms with Gasteiger partial charge in [0.2, 0.25) is 5.91 Å². The van der Waals surface area contributed by atoms with Gasteiger partial charge in [0.25, 0.3) is 0 Å². The van der Waals surface area contributed by atoms with Gasteiger partial charge in [-0.25, -0.2) is 0 Å². The van der Waals surface area contributed by atoms with Crippen LogP contribution in [0.1, 0.15) is 26.7 Å². The standard InChI is InChI=1S/C17H27N3O/c1-14(2)4-9-17(21)18-15-5-7-16(8-6-15)20-12-10-19(3)11-13-20/h5-8,14H,4,9-13H2,1-3H3,(H,18,21). The summed E-state index contributed by atoms with van der Waals surface area (Å²) in [5.41, 5.74) is 2.13. The number of nitrogens with zero attached hydrogens (tertiary/aromatic N) is 2. The molecular formula is C17H27N3O. The first-order chi connectivity index (χ1) is 10.0. The summed E-state index contributed by atoms with van der Waals surface area (Å²) in [6.45, 7) is 8.62. The molecule has 4 nitrogen and oxygen atoms in total. The molecule has 0 aliphatic carbocycles. The van der Waals surface area contributed by atoms with Gasteiger partial charge in [-0.15, -0.1) is 0 Å². The molecule has 1 aliphatic heterocycles. The number of anilines is 2. The maximum Gasteiger partial charge on any atom is 0.224 e. The van der Waals surface area contributed by atoms with E-state index in [2.05, 4.69) is 48.1 Å². The van der Waals surface area contributed by atoms with Crippen LogP contribution in [0.5, 0.6) is 0 Å². The van der Waals surface area contributed by atoms with Crippen molar-refractivity contribution in [3.8, 4) is 0 Å². The van der Waals surface area contributed by atoms with Crippen molar-refractivity contribution >= 4 is 17.3 Å². The number of piperazine rings is 1. The number of hydrogen-bond acceptors (Lipinski definition) is 3. The van der Waals surface area contributed by atoms with E-state index in [1.54, 1.807) is 0 Å². The molecule has 1 aromatic carbocycles. The zero-order valence-corrected chi connectivity index (χ0v) is 13.4. The SMILES string of the molecule is CC(C)CCC(=O)Nc1ccc(N2CCN(C)CC2)cc1. The van der Waals surface area contributed by atoms with Crippen LogP contribution >= 0.6 is 0 Å². The molecule has 1 fully saturated rings. The van der Waals surface area contributed by atoms with Crippen molar-refractivity contribution in [1.29, 1.82) is 0 Å². The smallest absolute Gasteiger partial charge is 0.224 e. The first-order valence-corrected chi connectivity index (χ1v) is 7.88. The first-order valence-electron chi connectivity index (χ1n) is 7.88. The van der Waals surface area contributed by atoms with Gasteiger partial charge in [0.1, 0.15) is 0 Å². The van der Waals surface area contributed by atoms with Crippen LogP contribution in [0.3, 0.4) is 0 Å². The maximum atomic E-state index is 11.8. The van der Waals surface area contributed by atoms with E-state index in [0.29, 0.717) is 12.3 Å². The third-order valence-electron chi connectivity index (χ3n) is 3.97. The number of hydrogen-bond donors (Lipinski definition) is 1. The molecule has 2 rings (SSSR count). The van der Waals surface area contributed by atoms with Gasteiger partial charge in [-0.2, -0.15) is 0 Å². The van der Waals surface area contributed by atoms with E-state index in [4.69, 9.17) is 0 Å². The van der Waals surface area contributed by atoms with E-state index >= 15 is 0 Å². The second-order valence-corrected chi connectivity index (χ2v) is 6.32. The van der Waals surface area contributed by atoms with Crippen molar-refractivity contribution in [3.05, 3.63) is 24.3 Å². The minimum Gasteiger partial charge on any atom is -0.369 e. The quantitative estimate of drug-likeness (QED) is 0.905. The summed E-state index contributed by atoms with van der Waals surface area (Å²) >= 11 is 0. The third-order valence-corrected chi connectivity index (χ3v) is 3.97. The Bertz CT molecular complexity index is 448. The van der Waals surface area contributed by atoms with Crippen LogP contribution in [-0.4, -0.2) is 44.0 Å². The summed E-state index contributed by atoms with van der Waals surface area (Å²) in [7, 11) is 2.16. The summed E-state index contributed by atoms with van der Waals surface area (Å²) < 4.78 is 0. The molecule has 1 aliphatic rings. The second kappa shape index (κ2) is 7.46. The van der Waals surface area contributed by atoms with Crippen LogP contribution < -0.4 is 10.2 Å². The van der Waals surface area contributed by atoms with Crippen molar-refractivity contribution in [1.82, 2.24) is 4.90 Å². The van der Waals surface area contributed by atoms with Crippen molar-refractivity contribution in [2.75, 3.05) is 43.4 Å². The minimum absolute atomic E-state index is 0.107. The predicted molar refractivity (Wildman–Crippen MR) is 88.9 cm³/mol. The van der Waals surface area contributed by atoms with E-state index < -0.39 is 0 Å². The summed E-state index contributed by atoms with van der Waals surface area (Å²) in [6.07, 6.45) is 1.53. The Balaban J connectivity index is 1.85. The molecule has 0 spiro atoms. The Hall–Kier alpha value is -1.55. The molecule has 0 bridgehead atoms. The van der Waals surface area contributed by atoms with E-state index in [1.165, 1.54) is 5.69 Å². The Labute approximate surface area is 128 Å². The number of likely N-dealkylation sites (N-methyl/N-ethyl adjacent to an activating group) is 1. The van der Waals surface area contributed by atoms with Crippen LogP contribution in [0.2, 0.25) is 0 Å². The highest BCUT2D eigenvalue weighted by Gasteiger charge is 2.14. The number of benzene rings is 1. The number of amides is 1. The molecule has 1 saturated heterocycles. The van der Waals surface area contributed by atoms with Crippen LogP contribution in [0.4, 0.5) is 11.4 Å². The van der Waals surface area contributed by atoms with E-state index in [9.17, 15) is 4.79 Å². The van der Waals surface area contributed by atoms with Gasteiger partial charge in [0, 0.05) is 44.0 Å². The van der Waals surface area contributed by atoms with Crippen LogP contribution in [0.25, 0.3) is 0 Å². The fourth-order valence-electron chi connectivity index (χ4n) is 2.46. The fraction of sp³-hybridized carbons (Fsp3) is 0.588. The predicted octanol–water partition coefficient (Wildman–Crippen LogP) is 2.81. The zero-order valence-electron chi connectivity index (χ0n) is 13.4. The molecule has 116 valence electrons. The lowest BCUT2D eigenvalue weighted by Gasteiger charge is -2.34. The summed E-state index contributed by atoms with van der Waals surface area (Å²) in [6, 6.07) is 8.20. The normalized spacial score (nSPS) is 16.3. The summed E-state index contributed by atoms with van der Waals surface area (Å²) in [5, 5.41) is 2.97. The van der Waals surface area contributed by atoms with Crippen molar-refractivity contribution in [3.63, 3.8) is 0 Å². The number of nitrogens with one attached hydrogen (secondary N) is 1. The van der Waals surface area contributed by atoms with Crippen molar-refractivity contribution in [2.24, 2.45) is 5.92 Å². The molecule has 1 aromatic rings. The van der Waals surface area contributed by atoms with Crippen molar-refractivity contribution < 1.29 is 4.79 Å². The molecule has 0 saturated carbocycles. The Morgan fingerprint density at radius 1 is 1.14 bits per heavy atom. The molecule has 0 unspecified atom stereocenters. The minimum atomic E-state index is 0.107. The molecule has 1 amide bonds. The van der Waals surface area contributed by atoms with E-state index in [-0.39, 0.29) is 5.91 Å². The lowest BCUT2D eigenvalue weighted by atomic mass is 10.1. The highest BCUT2D eigenvalue weighted by Crippen LogP contribution is 2.19. The van der Waals surface area contributed by atoms with Gasteiger partial charge in [-0.3, -0.25) is 4.79 Å². The van der Waals surface area contributed by atoms with Gasteiger partial charge < -0.3 is 15.1 Å². The highest BCUT2D eigenvalue weighted by atomic mass is 16.1. The number of rotatable bonds is 5. The molecule has 1 N–H and O–H groups in total. The molecular weight excluding hydrogens is 262 g/mol. The van der Waals surface area contributed by atoms with Gasteiger partial charge in [-0.1, -0.05) is 13.8 Å². The van der Waals surface area contributed by atoms with Gasteiger partial charge in [0.15, 0.2) is 0 Å². The highest BCUT2D eigenvalue weighted by molar-refractivity contribution is 5.90. The van der Waals surface area contributed by atoms with Gasteiger partial charge >= 0.3 is 0 Å².